The molecular formula is C15H21N3O2S. The van der Waals surface area contributed by atoms with Crippen molar-refractivity contribution in [3.63, 3.8) is 0 Å². The molecule has 0 aromatic carbocycles. The Hall–Kier alpha value is -1.14. The topological polar surface area (TPSA) is 64.1 Å². The summed E-state index contributed by atoms with van der Waals surface area (Å²) in [6.45, 7) is 2.29. The SMILES string of the molecule is CCOC(=O)C(CSc1cnccn1)(NC1CC1)C1CC1. The molecule has 2 aliphatic carbocycles. The zero-order chi connectivity index (χ0) is 14.7. The van der Waals surface area contributed by atoms with Crippen molar-refractivity contribution in [2.45, 2.75) is 49.2 Å². The molecule has 5 nitrogen and oxygen atoms in total. The van der Waals surface area contributed by atoms with Crippen molar-refractivity contribution in [3.8, 4) is 0 Å². The van der Waals surface area contributed by atoms with E-state index in [4.69, 9.17) is 4.74 Å². The zero-order valence-corrected chi connectivity index (χ0v) is 13.1. The van der Waals surface area contributed by atoms with Gasteiger partial charge in [0.25, 0.3) is 0 Å². The van der Waals surface area contributed by atoms with Gasteiger partial charge in [-0.2, -0.15) is 0 Å². The lowest BCUT2D eigenvalue weighted by molar-refractivity contribution is -0.151. The van der Waals surface area contributed by atoms with Crippen LogP contribution in [0.25, 0.3) is 0 Å². The maximum absolute atomic E-state index is 12.6. The third kappa shape index (κ3) is 3.55. The smallest absolute Gasteiger partial charge is 0.327 e. The Morgan fingerprint density at radius 2 is 2.24 bits per heavy atom. The van der Waals surface area contributed by atoms with Crippen molar-refractivity contribution < 1.29 is 9.53 Å². The van der Waals surface area contributed by atoms with Gasteiger partial charge in [0.1, 0.15) is 10.6 Å². The highest BCUT2D eigenvalue weighted by atomic mass is 32.2. The Balaban J connectivity index is 1.74. The summed E-state index contributed by atoms with van der Waals surface area (Å²) >= 11 is 1.58. The first kappa shape index (κ1) is 14.8. The summed E-state index contributed by atoms with van der Waals surface area (Å²) < 4.78 is 5.37. The molecule has 1 unspecified atom stereocenters. The normalized spacial score (nSPS) is 20.8. The van der Waals surface area contributed by atoms with Crippen molar-refractivity contribution >= 4 is 17.7 Å². The van der Waals surface area contributed by atoms with Crippen molar-refractivity contribution in [2.75, 3.05) is 12.4 Å². The third-order valence-electron chi connectivity index (χ3n) is 3.94. The number of thioether (sulfide) groups is 1. The molecule has 114 valence electrons. The van der Waals surface area contributed by atoms with E-state index in [1.54, 1.807) is 30.4 Å². The summed E-state index contributed by atoms with van der Waals surface area (Å²) in [4.78, 5) is 21.0. The number of nitrogens with zero attached hydrogens (tertiary/aromatic N) is 2. The van der Waals surface area contributed by atoms with E-state index in [2.05, 4.69) is 15.3 Å². The Kier molecular flexibility index (Phi) is 4.45. The van der Waals surface area contributed by atoms with Crippen LogP contribution in [0.2, 0.25) is 0 Å². The first-order chi connectivity index (χ1) is 10.2. The minimum atomic E-state index is -0.556. The number of hydrogen-bond acceptors (Lipinski definition) is 6. The molecule has 0 spiro atoms. The van der Waals surface area contributed by atoms with Crippen LogP contribution in [0.5, 0.6) is 0 Å². The number of rotatable bonds is 8. The molecule has 21 heavy (non-hydrogen) atoms. The molecule has 1 aromatic rings. The van der Waals surface area contributed by atoms with Crippen molar-refractivity contribution in [1.29, 1.82) is 0 Å². The van der Waals surface area contributed by atoms with E-state index in [0.717, 1.165) is 30.7 Å². The highest BCUT2D eigenvalue weighted by molar-refractivity contribution is 7.99. The van der Waals surface area contributed by atoms with Crippen LogP contribution in [-0.4, -0.2) is 39.9 Å². The average Bonchev–Trinajstić information content (AvgIpc) is 3.38. The summed E-state index contributed by atoms with van der Waals surface area (Å²) in [7, 11) is 0. The molecule has 3 rings (SSSR count). The van der Waals surface area contributed by atoms with E-state index in [1.807, 2.05) is 6.92 Å². The lowest BCUT2D eigenvalue weighted by Gasteiger charge is -2.32. The summed E-state index contributed by atoms with van der Waals surface area (Å²) in [5.74, 6) is 0.947. The van der Waals surface area contributed by atoms with Gasteiger partial charge in [0, 0.05) is 24.2 Å². The lowest BCUT2D eigenvalue weighted by atomic mass is 9.95. The number of esters is 1. The van der Waals surface area contributed by atoms with Gasteiger partial charge in [-0.05, 0) is 38.5 Å². The fourth-order valence-electron chi connectivity index (χ4n) is 2.54. The largest absolute Gasteiger partial charge is 0.465 e. The number of carbonyl (C=O) groups excluding carboxylic acids is 1. The van der Waals surface area contributed by atoms with Gasteiger partial charge >= 0.3 is 5.97 Å². The van der Waals surface area contributed by atoms with Crippen LogP contribution >= 0.6 is 11.8 Å². The predicted octanol–water partition coefficient (Wildman–Crippen LogP) is 2.03. The second-order valence-corrected chi connectivity index (χ2v) is 6.71. The molecule has 1 atom stereocenters. The number of nitrogens with one attached hydrogen (secondary N) is 1. The van der Waals surface area contributed by atoms with Crippen LogP contribution in [0, 0.1) is 5.92 Å². The van der Waals surface area contributed by atoms with Gasteiger partial charge in [0.15, 0.2) is 0 Å². The summed E-state index contributed by atoms with van der Waals surface area (Å²) in [5.41, 5.74) is -0.556. The van der Waals surface area contributed by atoms with Gasteiger partial charge in [0.05, 0.1) is 12.8 Å². The van der Waals surface area contributed by atoms with Crippen LogP contribution < -0.4 is 5.32 Å². The van der Waals surface area contributed by atoms with Gasteiger partial charge in [-0.25, -0.2) is 4.98 Å². The monoisotopic (exact) mass is 307 g/mol. The number of ether oxygens (including phenoxy) is 1. The fraction of sp³-hybridized carbons (Fsp3) is 0.667. The molecule has 2 aliphatic rings. The van der Waals surface area contributed by atoms with Gasteiger partial charge in [-0.3, -0.25) is 15.1 Å². The molecule has 0 saturated heterocycles. The molecule has 0 bridgehead atoms. The van der Waals surface area contributed by atoms with E-state index in [-0.39, 0.29) is 5.97 Å². The Morgan fingerprint density at radius 3 is 2.81 bits per heavy atom. The number of carbonyl (C=O) groups is 1. The molecule has 1 aromatic heterocycles. The first-order valence-electron chi connectivity index (χ1n) is 7.58. The van der Waals surface area contributed by atoms with Crippen LogP contribution in [0.15, 0.2) is 23.6 Å². The Bertz CT molecular complexity index is 491. The maximum Gasteiger partial charge on any atom is 0.327 e. The Labute approximate surface area is 129 Å². The van der Waals surface area contributed by atoms with Gasteiger partial charge in [-0.1, -0.05) is 0 Å². The second kappa shape index (κ2) is 6.32. The number of hydrogen-bond donors (Lipinski definition) is 1. The van der Waals surface area contributed by atoms with Gasteiger partial charge < -0.3 is 4.74 Å². The van der Waals surface area contributed by atoms with Crippen molar-refractivity contribution in [1.82, 2.24) is 15.3 Å². The fourth-order valence-corrected chi connectivity index (χ4v) is 3.62. The molecule has 0 aliphatic heterocycles. The predicted molar refractivity (Wildman–Crippen MR) is 81.0 cm³/mol. The maximum atomic E-state index is 12.6. The Morgan fingerprint density at radius 1 is 1.43 bits per heavy atom. The number of aromatic nitrogens is 2. The quantitative estimate of drug-likeness (QED) is 0.586. The lowest BCUT2D eigenvalue weighted by Crippen LogP contribution is -2.58. The molecule has 0 amide bonds. The minimum Gasteiger partial charge on any atom is -0.465 e. The van der Waals surface area contributed by atoms with Crippen LogP contribution in [-0.2, 0) is 9.53 Å². The second-order valence-electron chi connectivity index (χ2n) is 5.72. The van der Waals surface area contributed by atoms with E-state index in [1.165, 1.54) is 0 Å². The standard InChI is InChI=1S/C15H21N3O2S/c1-2-20-14(19)15(11-3-4-11,18-12-5-6-12)10-21-13-9-16-7-8-17-13/h7-9,11-12,18H,2-6,10H2,1H3. The van der Waals surface area contributed by atoms with Crippen LogP contribution in [0.1, 0.15) is 32.6 Å². The molecular weight excluding hydrogens is 286 g/mol. The van der Waals surface area contributed by atoms with E-state index >= 15 is 0 Å². The molecule has 2 fully saturated rings. The van der Waals surface area contributed by atoms with E-state index in [0.29, 0.717) is 24.3 Å². The summed E-state index contributed by atoms with van der Waals surface area (Å²) in [6.07, 6.45) is 9.59. The first-order valence-corrected chi connectivity index (χ1v) is 8.57. The van der Waals surface area contributed by atoms with Gasteiger partial charge in [0.2, 0.25) is 0 Å². The molecule has 2 saturated carbocycles. The minimum absolute atomic E-state index is 0.101. The van der Waals surface area contributed by atoms with Crippen LogP contribution in [0.4, 0.5) is 0 Å². The van der Waals surface area contributed by atoms with E-state index < -0.39 is 5.54 Å². The van der Waals surface area contributed by atoms with Crippen LogP contribution in [0.3, 0.4) is 0 Å². The highest BCUT2D eigenvalue weighted by Crippen LogP contribution is 2.44. The molecule has 1 N–H and O–H groups in total. The van der Waals surface area contributed by atoms with Crippen molar-refractivity contribution in [2.24, 2.45) is 5.92 Å². The third-order valence-corrected chi connectivity index (χ3v) is 5.05. The molecule has 1 heterocycles. The summed E-state index contributed by atoms with van der Waals surface area (Å²) in [6, 6.07) is 0.470. The zero-order valence-electron chi connectivity index (χ0n) is 12.2. The van der Waals surface area contributed by atoms with Crippen molar-refractivity contribution in [3.05, 3.63) is 18.6 Å². The highest BCUT2D eigenvalue weighted by Gasteiger charge is 2.54. The summed E-state index contributed by atoms with van der Waals surface area (Å²) in [5, 5.41) is 4.43. The van der Waals surface area contributed by atoms with Gasteiger partial charge in [-0.15, -0.1) is 11.8 Å². The molecule has 0 radical (unpaired) electrons. The average molecular weight is 307 g/mol. The molecule has 6 heteroatoms. The van der Waals surface area contributed by atoms with E-state index in [9.17, 15) is 4.79 Å².